The summed E-state index contributed by atoms with van der Waals surface area (Å²) in [6, 6.07) is 17.6. The molecule has 4 aliphatic rings. The molecule has 2 spiro atoms. The van der Waals surface area contributed by atoms with Gasteiger partial charge in [-0.15, -0.1) is 11.8 Å². The lowest BCUT2D eigenvalue weighted by atomic mass is 9.70. The number of thioether (sulfide) groups is 1. The van der Waals surface area contributed by atoms with Crippen molar-refractivity contribution >= 4 is 17.5 Å². The molecule has 6 rings (SSSR count). The first-order valence-electron chi connectivity index (χ1n) is 9.36. The average Bonchev–Trinajstić information content (AvgIpc) is 3.09. The molecule has 2 aromatic carbocycles. The maximum atomic E-state index is 13.8. The molecule has 3 atom stereocenters. The molecule has 1 aliphatic heterocycles. The Morgan fingerprint density at radius 2 is 1.48 bits per heavy atom. The molecule has 1 saturated heterocycles. The van der Waals surface area contributed by atoms with Crippen LogP contribution in [0.4, 0.5) is 0 Å². The van der Waals surface area contributed by atoms with Crippen LogP contribution in [0.3, 0.4) is 0 Å². The van der Waals surface area contributed by atoms with Crippen molar-refractivity contribution in [2.45, 2.75) is 43.1 Å². The molecule has 2 heteroatoms. The Morgan fingerprint density at radius 1 is 0.920 bits per heavy atom. The van der Waals surface area contributed by atoms with Gasteiger partial charge in [0, 0.05) is 5.41 Å². The van der Waals surface area contributed by atoms with Gasteiger partial charge >= 0.3 is 0 Å². The summed E-state index contributed by atoms with van der Waals surface area (Å²) in [5, 5.41) is 0. The van der Waals surface area contributed by atoms with Crippen LogP contribution in [0.2, 0.25) is 0 Å². The minimum absolute atomic E-state index is 0.0903. The molecular weight excluding hydrogens is 324 g/mol. The summed E-state index contributed by atoms with van der Waals surface area (Å²) < 4.78 is -0.385. The number of hydrogen-bond acceptors (Lipinski definition) is 2. The Labute approximate surface area is 153 Å². The SMILES string of the molecule is CC12CCC(C1(C)C)C1(SC13c1ccccc1-c1ccccc13)C2=O. The van der Waals surface area contributed by atoms with Crippen LogP contribution in [0.5, 0.6) is 0 Å². The van der Waals surface area contributed by atoms with Crippen LogP contribution in [0.1, 0.15) is 44.7 Å². The molecular formula is C23H22OS. The highest BCUT2D eigenvalue weighted by Crippen LogP contribution is 2.89. The predicted octanol–water partition coefficient (Wildman–Crippen LogP) is 5.42. The predicted molar refractivity (Wildman–Crippen MR) is 103 cm³/mol. The van der Waals surface area contributed by atoms with Gasteiger partial charge < -0.3 is 0 Å². The normalized spacial score (nSPS) is 37.6. The zero-order valence-electron chi connectivity index (χ0n) is 14.9. The summed E-state index contributed by atoms with van der Waals surface area (Å²) in [6.07, 6.45) is 2.25. The van der Waals surface area contributed by atoms with Crippen molar-refractivity contribution in [3.8, 4) is 11.1 Å². The van der Waals surface area contributed by atoms with Gasteiger partial charge in [-0.05, 0) is 46.4 Å². The molecule has 2 aromatic rings. The van der Waals surface area contributed by atoms with E-state index in [-0.39, 0.29) is 20.3 Å². The van der Waals surface area contributed by atoms with Gasteiger partial charge in [-0.1, -0.05) is 69.3 Å². The minimum atomic E-state index is -0.244. The van der Waals surface area contributed by atoms with E-state index in [1.807, 2.05) is 11.8 Å². The standard InChI is InChI=1S/C23H22OS/c1-20(2)18-12-13-21(20,3)19(24)23(18)22(25-23)16-10-6-4-8-14(16)15-9-5-7-11-17(15)22/h4-11,18H,12-13H2,1-3H3. The van der Waals surface area contributed by atoms with Gasteiger partial charge in [0.25, 0.3) is 0 Å². The van der Waals surface area contributed by atoms with Crippen LogP contribution in [0.25, 0.3) is 11.1 Å². The van der Waals surface area contributed by atoms with Gasteiger partial charge in [0.1, 0.15) is 4.75 Å². The minimum Gasteiger partial charge on any atom is -0.297 e. The molecule has 0 aromatic heterocycles. The van der Waals surface area contributed by atoms with Crippen molar-refractivity contribution in [1.82, 2.24) is 0 Å². The number of rotatable bonds is 0. The number of hydrogen-bond donors (Lipinski definition) is 0. The first kappa shape index (κ1) is 14.6. The fourth-order valence-corrected chi connectivity index (χ4v) is 8.97. The summed E-state index contributed by atoms with van der Waals surface area (Å²) in [7, 11) is 0. The maximum Gasteiger partial charge on any atom is 0.157 e. The van der Waals surface area contributed by atoms with Crippen LogP contribution in [-0.4, -0.2) is 10.5 Å². The molecule has 3 fully saturated rings. The molecule has 25 heavy (non-hydrogen) atoms. The lowest BCUT2D eigenvalue weighted by Gasteiger charge is -2.32. The highest BCUT2D eigenvalue weighted by molar-refractivity contribution is 8.10. The molecule has 1 nitrogen and oxygen atoms in total. The highest BCUT2D eigenvalue weighted by atomic mass is 32.2. The second kappa shape index (κ2) is 3.91. The van der Waals surface area contributed by atoms with Crippen molar-refractivity contribution in [1.29, 1.82) is 0 Å². The van der Waals surface area contributed by atoms with Crippen LogP contribution in [0.15, 0.2) is 48.5 Å². The van der Waals surface area contributed by atoms with Gasteiger partial charge in [-0.3, -0.25) is 4.79 Å². The smallest absolute Gasteiger partial charge is 0.157 e. The van der Waals surface area contributed by atoms with Crippen molar-refractivity contribution in [2.75, 3.05) is 0 Å². The van der Waals surface area contributed by atoms with Crippen molar-refractivity contribution < 1.29 is 4.79 Å². The van der Waals surface area contributed by atoms with E-state index in [0.29, 0.717) is 11.7 Å². The highest BCUT2D eigenvalue weighted by Gasteiger charge is 2.89. The molecule has 3 unspecified atom stereocenters. The van der Waals surface area contributed by atoms with E-state index in [9.17, 15) is 4.79 Å². The van der Waals surface area contributed by atoms with E-state index in [1.54, 1.807) is 0 Å². The van der Waals surface area contributed by atoms with E-state index in [1.165, 1.54) is 28.7 Å². The quantitative estimate of drug-likeness (QED) is 0.592. The Bertz CT molecular complexity index is 928. The van der Waals surface area contributed by atoms with Crippen molar-refractivity contribution in [3.63, 3.8) is 0 Å². The van der Waals surface area contributed by atoms with E-state index in [2.05, 4.69) is 69.3 Å². The van der Waals surface area contributed by atoms with E-state index in [0.717, 1.165) is 6.42 Å². The van der Waals surface area contributed by atoms with Crippen LogP contribution in [0, 0.1) is 16.7 Å². The van der Waals surface area contributed by atoms with Crippen LogP contribution < -0.4 is 0 Å². The summed E-state index contributed by atoms with van der Waals surface area (Å²) in [5.41, 5.74) is 5.35. The summed E-state index contributed by atoms with van der Waals surface area (Å²) >= 11 is 1.96. The Morgan fingerprint density at radius 3 is 2.00 bits per heavy atom. The zero-order chi connectivity index (χ0) is 17.2. The summed E-state index contributed by atoms with van der Waals surface area (Å²) in [6.45, 7) is 6.93. The average molecular weight is 346 g/mol. The number of benzene rings is 2. The monoisotopic (exact) mass is 346 g/mol. The van der Waals surface area contributed by atoms with Gasteiger partial charge in [0.2, 0.25) is 0 Å². The summed E-state index contributed by atoms with van der Waals surface area (Å²) in [4.78, 5) is 13.8. The van der Waals surface area contributed by atoms with Gasteiger partial charge in [0.15, 0.2) is 5.78 Å². The Kier molecular flexibility index (Phi) is 2.28. The van der Waals surface area contributed by atoms with Gasteiger partial charge in [-0.2, -0.15) is 0 Å². The topological polar surface area (TPSA) is 17.1 Å². The van der Waals surface area contributed by atoms with Crippen LogP contribution in [-0.2, 0) is 9.54 Å². The van der Waals surface area contributed by atoms with Crippen molar-refractivity contribution in [2.24, 2.45) is 16.7 Å². The third kappa shape index (κ3) is 1.20. The van der Waals surface area contributed by atoms with E-state index < -0.39 is 0 Å². The Balaban J connectivity index is 1.67. The third-order valence-electron chi connectivity index (χ3n) is 8.25. The van der Waals surface area contributed by atoms with E-state index in [4.69, 9.17) is 0 Å². The van der Waals surface area contributed by atoms with Crippen molar-refractivity contribution in [3.05, 3.63) is 59.7 Å². The molecule has 1 heterocycles. The maximum absolute atomic E-state index is 13.8. The number of fused-ring (bicyclic) bond motifs is 9. The second-order valence-electron chi connectivity index (χ2n) is 9.08. The number of carbonyl (C=O) groups is 1. The molecule has 3 aliphatic carbocycles. The number of ketones is 1. The largest absolute Gasteiger partial charge is 0.297 e. The molecule has 0 amide bonds. The van der Waals surface area contributed by atoms with E-state index >= 15 is 0 Å². The number of carbonyl (C=O) groups excluding carboxylic acids is 1. The molecule has 0 N–H and O–H groups in total. The molecule has 0 radical (unpaired) electrons. The molecule has 2 saturated carbocycles. The lowest BCUT2D eigenvalue weighted by Crippen LogP contribution is -2.40. The summed E-state index contributed by atoms with van der Waals surface area (Å²) in [5.74, 6) is 1.000. The fourth-order valence-electron chi connectivity index (χ4n) is 6.63. The third-order valence-corrected chi connectivity index (χ3v) is 10.2. The van der Waals surface area contributed by atoms with Gasteiger partial charge in [-0.25, -0.2) is 0 Å². The zero-order valence-corrected chi connectivity index (χ0v) is 15.7. The first-order chi connectivity index (χ1) is 11.9. The Hall–Kier alpha value is -1.54. The lowest BCUT2D eigenvalue weighted by molar-refractivity contribution is -0.129. The van der Waals surface area contributed by atoms with Crippen LogP contribution >= 0.6 is 11.8 Å². The molecule has 126 valence electrons. The van der Waals surface area contributed by atoms with Gasteiger partial charge in [0.05, 0.1) is 4.75 Å². The fraction of sp³-hybridized carbons (Fsp3) is 0.435. The molecule has 2 bridgehead atoms. The first-order valence-corrected chi connectivity index (χ1v) is 10.2. The second-order valence-corrected chi connectivity index (χ2v) is 10.5. The number of Topliss-reactive ketones (excluding diaryl/α,β-unsaturated/α-hetero) is 1.